The van der Waals surface area contributed by atoms with Crippen LogP contribution in [0.3, 0.4) is 0 Å². The van der Waals surface area contributed by atoms with Crippen molar-refractivity contribution in [1.29, 1.82) is 0 Å². The molecule has 2 radical (unpaired) electrons. The molecule has 0 heterocycles. The Morgan fingerprint density at radius 2 is 2.18 bits per heavy atom. The van der Waals surface area contributed by atoms with Gasteiger partial charge in [-0.25, -0.2) is 0 Å². The predicted molar refractivity (Wildman–Crippen MR) is 44.9 cm³/mol. The highest BCUT2D eigenvalue weighted by molar-refractivity contribution is 6.22. The molecule has 0 aliphatic heterocycles. The van der Waals surface area contributed by atoms with E-state index in [9.17, 15) is 4.11 Å². The Bertz CT molecular complexity index is 227. The molecule has 0 saturated heterocycles. The second kappa shape index (κ2) is 4.26. The molecule has 0 unspecified atom stereocenters. The maximum absolute atomic E-state index is 11.7. The molecular weight excluding hydrogens is 157 g/mol. The van der Waals surface area contributed by atoms with Gasteiger partial charge in [-0.15, -0.1) is 0 Å². The number of halogens is 1. The van der Waals surface area contributed by atoms with Crippen molar-refractivity contribution < 1.29 is 4.11 Å². The van der Waals surface area contributed by atoms with E-state index in [-0.39, 0.29) is 0 Å². The van der Waals surface area contributed by atoms with E-state index >= 15 is 0 Å². The molecule has 0 spiro atoms. The second-order valence-corrected chi connectivity index (χ2v) is 2.92. The van der Waals surface area contributed by atoms with Crippen LogP contribution in [0.4, 0.5) is 4.11 Å². The Morgan fingerprint density at radius 1 is 1.45 bits per heavy atom. The summed E-state index contributed by atoms with van der Waals surface area (Å²) in [5, 5.41) is 0. The predicted octanol–water partition coefficient (Wildman–Crippen LogP) is 1.59. The highest BCUT2D eigenvalue weighted by Crippen LogP contribution is 2.05. The van der Waals surface area contributed by atoms with Crippen molar-refractivity contribution in [2.24, 2.45) is 0 Å². The van der Waals surface area contributed by atoms with Crippen LogP contribution < -0.4 is 4.98 Å². The van der Waals surface area contributed by atoms with Crippen molar-refractivity contribution in [2.75, 3.05) is 0 Å². The van der Waals surface area contributed by atoms with Gasteiger partial charge in [0, 0.05) is 6.54 Å². The molecule has 1 aromatic rings. The third-order valence-corrected chi connectivity index (χ3v) is 1.92. The van der Waals surface area contributed by atoms with Gasteiger partial charge in [-0.1, -0.05) is 24.3 Å². The van der Waals surface area contributed by atoms with E-state index in [1.54, 1.807) is 0 Å². The lowest BCUT2D eigenvalue weighted by Gasteiger charge is -2.02. The maximum atomic E-state index is 11.7. The summed E-state index contributed by atoms with van der Waals surface area (Å²) in [6.45, 7) is 2.65. The molecule has 11 heavy (non-hydrogen) atoms. The Kier molecular flexibility index (Phi) is 3.26. The summed E-state index contributed by atoms with van der Waals surface area (Å²) in [7, 11) is -0.670. The van der Waals surface area contributed by atoms with E-state index in [4.69, 9.17) is 0 Å². The molecule has 0 aromatic heterocycles. The minimum atomic E-state index is -0.670. The van der Waals surface area contributed by atoms with E-state index in [2.05, 4.69) is 4.98 Å². The number of aryl methyl sites for hydroxylation is 1. The first kappa shape index (κ1) is 8.42. The summed E-state index contributed by atoms with van der Waals surface area (Å²) in [4.78, 5) is 2.67. The van der Waals surface area contributed by atoms with Crippen molar-refractivity contribution in [2.45, 2.75) is 13.5 Å². The standard InChI is InChI=1S/C8H10FNSi/c1-7-4-2-3-5-8(7)6-10-11-9/h2-5,10H,6H2,1H3. The molecule has 0 fully saturated rings. The molecule has 0 amide bonds. The maximum Gasteiger partial charge on any atom is 0.397 e. The van der Waals surface area contributed by atoms with E-state index in [1.165, 1.54) is 5.56 Å². The zero-order chi connectivity index (χ0) is 8.10. The summed E-state index contributed by atoms with van der Waals surface area (Å²) in [5.41, 5.74) is 2.37. The number of benzene rings is 1. The van der Waals surface area contributed by atoms with Crippen LogP contribution >= 0.6 is 0 Å². The zero-order valence-electron chi connectivity index (χ0n) is 6.39. The van der Waals surface area contributed by atoms with Crippen molar-refractivity contribution in [3.63, 3.8) is 0 Å². The van der Waals surface area contributed by atoms with Crippen LogP contribution in [-0.4, -0.2) is 10.0 Å². The van der Waals surface area contributed by atoms with Crippen LogP contribution in [0.15, 0.2) is 24.3 Å². The SMILES string of the molecule is Cc1ccccc1CN[Si]F. The van der Waals surface area contributed by atoms with Gasteiger partial charge in [0.25, 0.3) is 0 Å². The third-order valence-electron chi connectivity index (χ3n) is 1.61. The molecule has 58 valence electrons. The lowest BCUT2D eigenvalue weighted by Crippen LogP contribution is -2.14. The van der Waals surface area contributed by atoms with E-state index < -0.39 is 10.0 Å². The molecule has 1 N–H and O–H groups in total. The average molecular weight is 167 g/mol. The van der Waals surface area contributed by atoms with Gasteiger partial charge in [0.1, 0.15) is 0 Å². The van der Waals surface area contributed by atoms with E-state index in [0.29, 0.717) is 6.54 Å². The van der Waals surface area contributed by atoms with E-state index in [1.807, 2.05) is 31.2 Å². The Labute approximate surface area is 68.7 Å². The number of hydrogen-bond acceptors (Lipinski definition) is 1. The zero-order valence-corrected chi connectivity index (χ0v) is 7.39. The second-order valence-electron chi connectivity index (χ2n) is 2.37. The van der Waals surface area contributed by atoms with Crippen LogP contribution in [0.2, 0.25) is 0 Å². The van der Waals surface area contributed by atoms with Crippen molar-refractivity contribution in [3.05, 3.63) is 35.4 Å². The smallest absolute Gasteiger partial charge is 0.307 e. The molecule has 0 bridgehead atoms. The van der Waals surface area contributed by atoms with Gasteiger partial charge in [-0.2, -0.15) is 0 Å². The van der Waals surface area contributed by atoms with Crippen LogP contribution in [-0.2, 0) is 6.54 Å². The Hall–Kier alpha value is -0.673. The highest BCUT2D eigenvalue weighted by Gasteiger charge is 1.95. The van der Waals surface area contributed by atoms with Gasteiger partial charge in [0.15, 0.2) is 0 Å². The number of nitrogens with one attached hydrogen (secondary N) is 1. The van der Waals surface area contributed by atoms with Crippen LogP contribution in [0.5, 0.6) is 0 Å². The van der Waals surface area contributed by atoms with E-state index in [0.717, 1.165) is 5.56 Å². The molecule has 1 aromatic carbocycles. The monoisotopic (exact) mass is 167 g/mol. The molecule has 0 aliphatic carbocycles. The molecule has 1 nitrogen and oxygen atoms in total. The minimum absolute atomic E-state index is 0.627. The third kappa shape index (κ3) is 2.44. The molecule has 3 heteroatoms. The van der Waals surface area contributed by atoms with Crippen molar-refractivity contribution in [1.82, 2.24) is 4.98 Å². The fourth-order valence-electron chi connectivity index (χ4n) is 0.937. The summed E-state index contributed by atoms with van der Waals surface area (Å²) < 4.78 is 11.7. The molecule has 0 saturated carbocycles. The highest BCUT2D eigenvalue weighted by atomic mass is 28.3. The van der Waals surface area contributed by atoms with Crippen molar-refractivity contribution >= 4 is 10.0 Å². The first-order chi connectivity index (χ1) is 5.34. The van der Waals surface area contributed by atoms with Crippen LogP contribution in [0, 0.1) is 6.92 Å². The average Bonchev–Trinajstić information content (AvgIpc) is 2.03. The fourth-order valence-corrected chi connectivity index (χ4v) is 1.19. The van der Waals surface area contributed by atoms with Gasteiger partial charge in [-0.3, -0.25) is 4.11 Å². The van der Waals surface area contributed by atoms with Gasteiger partial charge >= 0.3 is 10.0 Å². The van der Waals surface area contributed by atoms with Gasteiger partial charge in [-0.05, 0) is 18.1 Å². The molecule has 0 atom stereocenters. The molecule has 1 rings (SSSR count). The summed E-state index contributed by atoms with van der Waals surface area (Å²) in [6.07, 6.45) is 0. The Morgan fingerprint density at radius 3 is 2.82 bits per heavy atom. The molecular formula is C8H10FNSi. The topological polar surface area (TPSA) is 12.0 Å². The summed E-state index contributed by atoms with van der Waals surface area (Å²) >= 11 is 0. The normalized spacial score (nSPS) is 10.0. The van der Waals surface area contributed by atoms with Crippen LogP contribution in [0.1, 0.15) is 11.1 Å². The lowest BCUT2D eigenvalue weighted by atomic mass is 10.1. The Balaban J connectivity index is 2.62. The fraction of sp³-hybridized carbons (Fsp3) is 0.250. The first-order valence-electron chi connectivity index (χ1n) is 3.47. The summed E-state index contributed by atoms with van der Waals surface area (Å²) in [5.74, 6) is 0. The van der Waals surface area contributed by atoms with Gasteiger partial charge in [0.2, 0.25) is 0 Å². The van der Waals surface area contributed by atoms with Crippen molar-refractivity contribution in [3.8, 4) is 0 Å². The van der Waals surface area contributed by atoms with Crippen LogP contribution in [0.25, 0.3) is 0 Å². The first-order valence-corrected chi connectivity index (χ1v) is 4.35. The largest absolute Gasteiger partial charge is 0.397 e. The van der Waals surface area contributed by atoms with Gasteiger partial charge < -0.3 is 4.98 Å². The number of rotatable bonds is 3. The van der Waals surface area contributed by atoms with Gasteiger partial charge in [0.05, 0.1) is 0 Å². The molecule has 0 aliphatic rings. The quantitative estimate of drug-likeness (QED) is 0.532. The minimum Gasteiger partial charge on any atom is -0.307 e. The lowest BCUT2D eigenvalue weighted by molar-refractivity contribution is 0.792. The number of hydrogen-bond donors (Lipinski definition) is 1. The summed E-state index contributed by atoms with van der Waals surface area (Å²) in [6, 6.07) is 7.97.